The van der Waals surface area contributed by atoms with Crippen LogP contribution in [0.3, 0.4) is 0 Å². The minimum Gasteiger partial charge on any atom is -0.345 e. The Bertz CT molecular complexity index is 316. The molecule has 2 aliphatic carbocycles. The molecular weight excluding hydrogens is 240 g/mol. The number of hydrogen-bond donors (Lipinski definition) is 2. The van der Waals surface area contributed by atoms with Crippen LogP contribution in [-0.4, -0.2) is 23.9 Å². The van der Waals surface area contributed by atoms with Crippen LogP contribution < -0.4 is 10.6 Å². The molecule has 0 radical (unpaired) electrons. The largest absolute Gasteiger partial charge is 0.345 e. The third-order valence-electron chi connectivity index (χ3n) is 4.66. The van der Waals surface area contributed by atoms with Gasteiger partial charge in [0.1, 0.15) is 0 Å². The highest BCUT2D eigenvalue weighted by molar-refractivity contribution is 6.35. The summed E-state index contributed by atoms with van der Waals surface area (Å²) in [7, 11) is 0. The molecule has 2 rings (SSSR count). The van der Waals surface area contributed by atoms with Crippen LogP contribution in [0.1, 0.15) is 64.7 Å². The molecule has 2 N–H and O–H groups in total. The van der Waals surface area contributed by atoms with Gasteiger partial charge in [0.15, 0.2) is 0 Å². The molecule has 0 aromatic rings. The van der Waals surface area contributed by atoms with E-state index >= 15 is 0 Å². The van der Waals surface area contributed by atoms with Gasteiger partial charge in [-0.05, 0) is 44.4 Å². The fraction of sp³-hybridized carbons (Fsp3) is 0.867. The van der Waals surface area contributed by atoms with E-state index in [-0.39, 0.29) is 12.1 Å². The van der Waals surface area contributed by atoms with Crippen molar-refractivity contribution in [2.75, 3.05) is 0 Å². The Morgan fingerprint density at radius 2 is 1.32 bits per heavy atom. The molecular formula is C15H26N2O2. The first-order chi connectivity index (χ1) is 9.19. The van der Waals surface area contributed by atoms with Gasteiger partial charge < -0.3 is 10.6 Å². The standard InChI is InChI=1S/C15H26N2O2/c1-2-11-7-9-13(10-8-11)17-15(19)14(18)16-12-5-3-4-6-12/h11-13H,2-10H2,1H3,(H,16,18)(H,17,19). The van der Waals surface area contributed by atoms with E-state index in [1.165, 1.54) is 19.3 Å². The molecule has 4 heteroatoms. The topological polar surface area (TPSA) is 58.2 Å². The Hall–Kier alpha value is -1.06. The zero-order valence-electron chi connectivity index (χ0n) is 11.9. The number of rotatable bonds is 3. The van der Waals surface area contributed by atoms with Crippen molar-refractivity contribution < 1.29 is 9.59 Å². The summed E-state index contributed by atoms with van der Waals surface area (Å²) in [4.78, 5) is 23.6. The summed E-state index contributed by atoms with van der Waals surface area (Å²) in [5.41, 5.74) is 0. The van der Waals surface area contributed by atoms with Gasteiger partial charge in [-0.3, -0.25) is 9.59 Å². The highest BCUT2D eigenvalue weighted by Gasteiger charge is 2.25. The number of carbonyl (C=O) groups excluding carboxylic acids is 2. The molecule has 108 valence electrons. The molecule has 0 atom stereocenters. The Morgan fingerprint density at radius 1 is 0.842 bits per heavy atom. The van der Waals surface area contributed by atoms with Gasteiger partial charge in [-0.1, -0.05) is 26.2 Å². The molecule has 0 unspecified atom stereocenters. The van der Waals surface area contributed by atoms with Gasteiger partial charge in [0.25, 0.3) is 0 Å². The number of hydrogen-bond acceptors (Lipinski definition) is 2. The Labute approximate surface area is 115 Å². The lowest BCUT2D eigenvalue weighted by Crippen LogP contribution is -2.47. The van der Waals surface area contributed by atoms with E-state index in [9.17, 15) is 9.59 Å². The molecule has 0 spiro atoms. The van der Waals surface area contributed by atoms with Gasteiger partial charge >= 0.3 is 11.8 Å². The van der Waals surface area contributed by atoms with Crippen molar-refractivity contribution in [1.29, 1.82) is 0 Å². The van der Waals surface area contributed by atoms with Crippen LogP contribution in [-0.2, 0) is 9.59 Å². The van der Waals surface area contributed by atoms with E-state index in [1.54, 1.807) is 0 Å². The molecule has 2 aliphatic rings. The summed E-state index contributed by atoms with van der Waals surface area (Å²) in [5, 5.41) is 5.72. The van der Waals surface area contributed by atoms with Crippen LogP contribution >= 0.6 is 0 Å². The summed E-state index contributed by atoms with van der Waals surface area (Å²) in [6.07, 6.45) is 9.95. The molecule has 2 amide bonds. The van der Waals surface area contributed by atoms with Crippen LogP contribution in [0.25, 0.3) is 0 Å². The van der Waals surface area contributed by atoms with Crippen LogP contribution in [0.5, 0.6) is 0 Å². The average molecular weight is 266 g/mol. The van der Waals surface area contributed by atoms with Gasteiger partial charge in [-0.15, -0.1) is 0 Å². The van der Waals surface area contributed by atoms with Gasteiger partial charge in [-0.25, -0.2) is 0 Å². The molecule has 0 heterocycles. The smallest absolute Gasteiger partial charge is 0.309 e. The van der Waals surface area contributed by atoms with E-state index in [4.69, 9.17) is 0 Å². The maximum absolute atomic E-state index is 11.8. The van der Waals surface area contributed by atoms with E-state index < -0.39 is 11.8 Å². The predicted octanol–water partition coefficient (Wildman–Crippen LogP) is 2.13. The Morgan fingerprint density at radius 3 is 1.79 bits per heavy atom. The summed E-state index contributed by atoms with van der Waals surface area (Å²) in [6.45, 7) is 2.22. The molecule has 2 fully saturated rings. The van der Waals surface area contributed by atoms with Crippen molar-refractivity contribution in [3.8, 4) is 0 Å². The first-order valence-electron chi connectivity index (χ1n) is 7.80. The van der Waals surface area contributed by atoms with Crippen molar-refractivity contribution in [1.82, 2.24) is 10.6 Å². The summed E-state index contributed by atoms with van der Waals surface area (Å²) < 4.78 is 0. The van der Waals surface area contributed by atoms with Gasteiger partial charge in [0.2, 0.25) is 0 Å². The summed E-state index contributed by atoms with van der Waals surface area (Å²) >= 11 is 0. The number of nitrogens with one attached hydrogen (secondary N) is 2. The highest BCUT2D eigenvalue weighted by Crippen LogP contribution is 2.26. The summed E-state index contributed by atoms with van der Waals surface area (Å²) in [5.74, 6) is -0.0724. The maximum Gasteiger partial charge on any atom is 0.309 e. The lowest BCUT2D eigenvalue weighted by molar-refractivity contribution is -0.140. The molecule has 4 nitrogen and oxygen atoms in total. The Kier molecular flexibility index (Phi) is 5.23. The van der Waals surface area contributed by atoms with Crippen molar-refractivity contribution in [3.63, 3.8) is 0 Å². The van der Waals surface area contributed by atoms with Crippen molar-refractivity contribution in [3.05, 3.63) is 0 Å². The minimum absolute atomic E-state index is 0.199. The zero-order valence-corrected chi connectivity index (χ0v) is 11.9. The first-order valence-corrected chi connectivity index (χ1v) is 7.80. The van der Waals surface area contributed by atoms with Crippen LogP contribution in [0, 0.1) is 5.92 Å². The van der Waals surface area contributed by atoms with E-state index in [1.807, 2.05) is 0 Å². The lowest BCUT2D eigenvalue weighted by atomic mass is 9.84. The second-order valence-electron chi connectivity index (χ2n) is 6.05. The molecule has 0 bridgehead atoms. The van der Waals surface area contributed by atoms with Crippen LogP contribution in [0.4, 0.5) is 0 Å². The molecule has 0 aromatic heterocycles. The molecule has 0 saturated heterocycles. The first kappa shape index (κ1) is 14.4. The van der Waals surface area contributed by atoms with Crippen LogP contribution in [0.2, 0.25) is 0 Å². The number of amides is 2. The third-order valence-corrected chi connectivity index (χ3v) is 4.66. The Balaban J connectivity index is 1.70. The van der Waals surface area contributed by atoms with Crippen molar-refractivity contribution in [2.24, 2.45) is 5.92 Å². The molecule has 2 saturated carbocycles. The van der Waals surface area contributed by atoms with E-state index in [0.29, 0.717) is 0 Å². The molecule has 0 aliphatic heterocycles. The SMILES string of the molecule is CCC1CCC(NC(=O)C(=O)NC2CCCC2)CC1. The fourth-order valence-corrected chi connectivity index (χ4v) is 3.29. The number of carbonyl (C=O) groups is 2. The molecule has 19 heavy (non-hydrogen) atoms. The summed E-state index contributed by atoms with van der Waals surface area (Å²) in [6, 6.07) is 0.415. The van der Waals surface area contributed by atoms with Gasteiger partial charge in [0, 0.05) is 12.1 Å². The third kappa shape index (κ3) is 4.22. The molecule has 0 aromatic carbocycles. The second-order valence-corrected chi connectivity index (χ2v) is 6.05. The van der Waals surface area contributed by atoms with Gasteiger partial charge in [-0.2, -0.15) is 0 Å². The maximum atomic E-state index is 11.8. The van der Waals surface area contributed by atoms with E-state index in [2.05, 4.69) is 17.6 Å². The van der Waals surface area contributed by atoms with E-state index in [0.717, 1.165) is 44.4 Å². The van der Waals surface area contributed by atoms with Crippen molar-refractivity contribution in [2.45, 2.75) is 76.8 Å². The lowest BCUT2D eigenvalue weighted by Gasteiger charge is -2.28. The van der Waals surface area contributed by atoms with Gasteiger partial charge in [0.05, 0.1) is 0 Å². The quantitative estimate of drug-likeness (QED) is 0.769. The highest BCUT2D eigenvalue weighted by atomic mass is 16.2. The minimum atomic E-state index is -0.440. The predicted molar refractivity (Wildman–Crippen MR) is 74.6 cm³/mol. The van der Waals surface area contributed by atoms with Crippen LogP contribution in [0.15, 0.2) is 0 Å². The fourth-order valence-electron chi connectivity index (χ4n) is 3.29. The monoisotopic (exact) mass is 266 g/mol. The zero-order chi connectivity index (χ0) is 13.7. The normalized spacial score (nSPS) is 28.1. The second kappa shape index (κ2) is 6.92. The average Bonchev–Trinajstić information content (AvgIpc) is 2.92. The van der Waals surface area contributed by atoms with Crippen molar-refractivity contribution >= 4 is 11.8 Å².